The number of para-hydroxylation sites is 2. The first kappa shape index (κ1) is 27.1. The van der Waals surface area contributed by atoms with Crippen LogP contribution in [0.5, 0.6) is 0 Å². The van der Waals surface area contributed by atoms with Crippen molar-refractivity contribution in [1.82, 2.24) is 4.98 Å². The van der Waals surface area contributed by atoms with Crippen LogP contribution in [0.1, 0.15) is 0 Å². The van der Waals surface area contributed by atoms with Crippen LogP contribution in [0.15, 0.2) is 171 Å². The first-order valence-corrected chi connectivity index (χ1v) is 16.7. The van der Waals surface area contributed by atoms with E-state index in [1.807, 2.05) is 36.4 Å². The summed E-state index contributed by atoms with van der Waals surface area (Å²) in [4.78, 5) is 7.27. The largest absolute Gasteiger partial charge is 0.456 e. The van der Waals surface area contributed by atoms with Crippen molar-refractivity contribution in [3.8, 4) is 11.5 Å². The fourth-order valence-corrected chi connectivity index (χ4v) is 7.64. The molecule has 0 spiro atoms. The van der Waals surface area contributed by atoms with E-state index in [9.17, 15) is 0 Å². The van der Waals surface area contributed by atoms with Gasteiger partial charge >= 0.3 is 0 Å². The summed E-state index contributed by atoms with van der Waals surface area (Å²) in [7, 11) is 0. The van der Waals surface area contributed by atoms with Gasteiger partial charge in [0.1, 0.15) is 22.3 Å². The van der Waals surface area contributed by atoms with Crippen molar-refractivity contribution in [2.24, 2.45) is 0 Å². The summed E-state index contributed by atoms with van der Waals surface area (Å²) in [6.45, 7) is 0. The molecule has 0 saturated carbocycles. The number of furan rings is 2. The molecule has 5 heteroatoms. The molecule has 0 aliphatic rings. The molecule has 0 N–H and O–H groups in total. The van der Waals surface area contributed by atoms with E-state index in [1.165, 1.54) is 10.8 Å². The normalized spacial score (nSPS) is 12.0. The van der Waals surface area contributed by atoms with Crippen molar-refractivity contribution in [3.63, 3.8) is 0 Å². The van der Waals surface area contributed by atoms with Crippen molar-refractivity contribution in [2.45, 2.75) is 0 Å². The second-order valence-corrected chi connectivity index (χ2v) is 12.7. The smallest absolute Gasteiger partial charge is 0.228 e. The van der Waals surface area contributed by atoms with Gasteiger partial charge in [0.2, 0.25) is 5.89 Å². The summed E-state index contributed by atoms with van der Waals surface area (Å²) >= 11 is 0. The van der Waals surface area contributed by atoms with Crippen LogP contribution in [-0.4, -0.2) is 4.98 Å². The third-order valence-corrected chi connectivity index (χ3v) is 9.87. The average Bonchev–Trinajstić information content (AvgIpc) is 3.89. The number of rotatable bonds is 4. The molecule has 0 fully saturated rings. The van der Waals surface area contributed by atoms with Crippen molar-refractivity contribution < 1.29 is 13.3 Å². The number of hydrogen-bond acceptors (Lipinski definition) is 5. The van der Waals surface area contributed by atoms with Gasteiger partial charge in [0.25, 0.3) is 0 Å². The van der Waals surface area contributed by atoms with E-state index in [-0.39, 0.29) is 0 Å². The zero-order chi connectivity index (χ0) is 32.8. The highest BCUT2D eigenvalue weighted by Gasteiger charge is 2.23. The van der Waals surface area contributed by atoms with E-state index < -0.39 is 0 Å². The molecular formula is C45H26N2O3. The zero-order valence-corrected chi connectivity index (χ0v) is 26.6. The number of anilines is 3. The average molecular weight is 643 g/mol. The molecule has 50 heavy (non-hydrogen) atoms. The molecule has 0 amide bonds. The minimum Gasteiger partial charge on any atom is -0.456 e. The van der Waals surface area contributed by atoms with Gasteiger partial charge in [0, 0.05) is 44.2 Å². The molecule has 8 aromatic carbocycles. The van der Waals surface area contributed by atoms with E-state index in [4.69, 9.17) is 18.2 Å². The van der Waals surface area contributed by atoms with Gasteiger partial charge in [-0.15, -0.1) is 0 Å². The molecule has 0 aliphatic heterocycles. The summed E-state index contributed by atoms with van der Waals surface area (Å²) in [6.07, 6.45) is 0. The van der Waals surface area contributed by atoms with Crippen LogP contribution in [0.4, 0.5) is 17.1 Å². The predicted octanol–water partition coefficient (Wildman–Crippen LogP) is 13.1. The maximum absolute atomic E-state index is 6.76. The Morgan fingerprint density at radius 3 is 2.02 bits per heavy atom. The molecule has 11 rings (SSSR count). The molecule has 11 aromatic rings. The highest BCUT2D eigenvalue weighted by molar-refractivity contribution is 6.20. The Morgan fingerprint density at radius 2 is 1.14 bits per heavy atom. The fourth-order valence-electron chi connectivity index (χ4n) is 7.64. The van der Waals surface area contributed by atoms with Crippen LogP contribution in [0.2, 0.25) is 0 Å². The summed E-state index contributed by atoms with van der Waals surface area (Å²) in [6, 6.07) is 54.2. The van der Waals surface area contributed by atoms with Gasteiger partial charge in [-0.05, 0) is 70.8 Å². The number of benzene rings is 8. The van der Waals surface area contributed by atoms with Crippen molar-refractivity contribution >= 4 is 93.6 Å². The van der Waals surface area contributed by atoms with Gasteiger partial charge < -0.3 is 18.2 Å². The van der Waals surface area contributed by atoms with Crippen LogP contribution in [0.25, 0.3) is 88.0 Å². The second-order valence-electron chi connectivity index (χ2n) is 12.7. The minimum atomic E-state index is 0.567. The molecule has 0 aliphatic carbocycles. The maximum Gasteiger partial charge on any atom is 0.228 e. The standard InChI is InChI=1S/C45H26N2O3/c1-2-12-29(13-3-1)47(30-22-23-33-40(26-30)48-38-24-20-27-10-4-6-14-31(27)41(33)38)36-18-8-16-34-42-35(17-9-19-37(42)49-44(34)36)45-46-43-32-15-7-5-11-28(32)21-25-39(43)50-45/h1-26H. The maximum atomic E-state index is 6.76. The van der Waals surface area contributed by atoms with Gasteiger partial charge in [0.15, 0.2) is 11.2 Å². The third-order valence-electron chi connectivity index (χ3n) is 9.87. The molecule has 0 radical (unpaired) electrons. The lowest BCUT2D eigenvalue weighted by Crippen LogP contribution is -2.10. The van der Waals surface area contributed by atoms with Crippen molar-refractivity contribution in [3.05, 3.63) is 158 Å². The lowest BCUT2D eigenvalue weighted by Gasteiger charge is -2.25. The summed E-state index contributed by atoms with van der Waals surface area (Å²) in [5.41, 5.74) is 8.64. The first-order valence-electron chi connectivity index (χ1n) is 16.7. The molecule has 0 atom stereocenters. The van der Waals surface area contributed by atoms with E-state index in [0.29, 0.717) is 5.89 Å². The molecular weight excluding hydrogens is 617 g/mol. The quantitative estimate of drug-likeness (QED) is 0.191. The lowest BCUT2D eigenvalue weighted by molar-refractivity contribution is 0.620. The Labute approximate surface area is 285 Å². The summed E-state index contributed by atoms with van der Waals surface area (Å²) in [5.74, 6) is 0.567. The van der Waals surface area contributed by atoms with Gasteiger partial charge in [-0.2, -0.15) is 0 Å². The highest BCUT2D eigenvalue weighted by atomic mass is 16.4. The summed E-state index contributed by atoms with van der Waals surface area (Å²) in [5, 5.41) is 8.75. The first-order chi connectivity index (χ1) is 24.8. The van der Waals surface area contributed by atoms with Crippen LogP contribution >= 0.6 is 0 Å². The third kappa shape index (κ3) is 3.92. The monoisotopic (exact) mass is 642 g/mol. The van der Waals surface area contributed by atoms with Gasteiger partial charge in [-0.25, -0.2) is 4.98 Å². The number of nitrogens with zero attached hydrogens (tertiary/aromatic N) is 2. The zero-order valence-electron chi connectivity index (χ0n) is 26.6. The fraction of sp³-hybridized carbons (Fsp3) is 0. The van der Waals surface area contributed by atoms with Gasteiger partial charge in [-0.3, -0.25) is 0 Å². The molecule has 0 bridgehead atoms. The molecule has 0 unspecified atom stereocenters. The molecule has 5 nitrogen and oxygen atoms in total. The van der Waals surface area contributed by atoms with E-state index in [0.717, 1.165) is 88.4 Å². The van der Waals surface area contributed by atoms with E-state index in [1.54, 1.807) is 0 Å². The molecule has 0 saturated heterocycles. The number of oxazole rings is 1. The van der Waals surface area contributed by atoms with Crippen molar-refractivity contribution in [1.29, 1.82) is 0 Å². The lowest BCUT2D eigenvalue weighted by atomic mass is 10.0. The van der Waals surface area contributed by atoms with E-state index in [2.05, 4.69) is 126 Å². The molecule has 3 aromatic heterocycles. The SMILES string of the molecule is c1ccc(N(c2ccc3c(c2)oc2ccc4ccccc4c23)c2cccc3c2oc2cccc(-c4nc5c(ccc6ccccc65)o4)c23)cc1. The van der Waals surface area contributed by atoms with Gasteiger partial charge in [0.05, 0.1) is 11.4 Å². The van der Waals surface area contributed by atoms with Crippen molar-refractivity contribution in [2.75, 3.05) is 4.90 Å². The molecule has 234 valence electrons. The van der Waals surface area contributed by atoms with Crippen LogP contribution < -0.4 is 4.90 Å². The number of hydrogen-bond donors (Lipinski definition) is 0. The summed E-state index contributed by atoms with van der Waals surface area (Å²) < 4.78 is 19.7. The Bertz CT molecular complexity index is 3110. The van der Waals surface area contributed by atoms with Gasteiger partial charge in [-0.1, -0.05) is 97.1 Å². The minimum absolute atomic E-state index is 0.567. The topological polar surface area (TPSA) is 55.6 Å². The molecule has 3 heterocycles. The Morgan fingerprint density at radius 1 is 0.420 bits per heavy atom. The Balaban J connectivity index is 1.13. The highest BCUT2D eigenvalue weighted by Crippen LogP contribution is 2.46. The Kier molecular flexibility index (Phi) is 5.60. The Hall–Kier alpha value is -6.85. The number of aromatic nitrogens is 1. The predicted molar refractivity (Wildman–Crippen MR) is 204 cm³/mol. The van der Waals surface area contributed by atoms with Crippen LogP contribution in [0, 0.1) is 0 Å². The van der Waals surface area contributed by atoms with E-state index >= 15 is 0 Å². The van der Waals surface area contributed by atoms with Crippen LogP contribution in [0.3, 0.4) is 0 Å². The number of fused-ring (bicyclic) bond motifs is 11. The second kappa shape index (κ2) is 10.3. The van der Waals surface area contributed by atoms with Crippen LogP contribution in [-0.2, 0) is 0 Å².